The number of rotatable bonds is 0. The Morgan fingerprint density at radius 1 is 0.750 bits per heavy atom. The molecule has 3 aromatic rings. The van der Waals surface area contributed by atoms with E-state index in [4.69, 9.17) is 0 Å². The van der Waals surface area contributed by atoms with Crippen molar-refractivity contribution in [1.29, 1.82) is 0 Å². The van der Waals surface area contributed by atoms with Crippen molar-refractivity contribution >= 4 is 22.1 Å². The van der Waals surface area contributed by atoms with Gasteiger partial charge in [-0.15, -0.1) is 0 Å². The summed E-state index contributed by atoms with van der Waals surface area (Å²) >= 11 is 0. The molecule has 0 fully saturated rings. The summed E-state index contributed by atoms with van der Waals surface area (Å²) in [6.07, 6.45) is 3.11. The van der Waals surface area contributed by atoms with Crippen molar-refractivity contribution in [2.75, 3.05) is 0 Å². The molecule has 0 bridgehead atoms. The van der Waals surface area contributed by atoms with E-state index in [0.717, 1.165) is 0 Å². The molecule has 2 N–H and O–H groups in total. The third kappa shape index (κ3) is 1.13. The van der Waals surface area contributed by atoms with Crippen molar-refractivity contribution in [2.45, 2.75) is 0 Å². The molecule has 0 unspecified atom stereocenters. The van der Waals surface area contributed by atoms with Gasteiger partial charge in [-0.2, -0.15) is 0 Å². The fourth-order valence-electron chi connectivity index (χ4n) is 1.53. The van der Waals surface area contributed by atoms with Gasteiger partial charge in [0.1, 0.15) is 11.0 Å². The third-order valence-electron chi connectivity index (χ3n) is 2.24. The van der Waals surface area contributed by atoms with Crippen LogP contribution in [0.3, 0.4) is 0 Å². The molecule has 1 aromatic carbocycles. The largest absolute Gasteiger partial charge is 0.489 e. The van der Waals surface area contributed by atoms with Crippen LogP contribution < -0.4 is 0 Å². The first-order chi connectivity index (χ1) is 7.75. The molecule has 0 atom stereocenters. The third-order valence-corrected chi connectivity index (χ3v) is 2.24. The Morgan fingerprint density at radius 2 is 1.44 bits per heavy atom. The smallest absolute Gasteiger partial charge is 0.276 e. The van der Waals surface area contributed by atoms with E-state index in [0.29, 0.717) is 22.1 Å². The summed E-state index contributed by atoms with van der Waals surface area (Å²) in [5, 5.41) is 18.5. The average molecular weight is 214 g/mol. The molecule has 0 aliphatic carbocycles. The van der Waals surface area contributed by atoms with E-state index in [1.54, 1.807) is 18.3 Å². The van der Waals surface area contributed by atoms with Gasteiger partial charge in [0.25, 0.3) is 11.8 Å². The summed E-state index contributed by atoms with van der Waals surface area (Å²) in [7, 11) is 0. The molecule has 0 saturated heterocycles. The maximum Gasteiger partial charge on any atom is 0.276 e. The second-order valence-corrected chi connectivity index (χ2v) is 3.23. The molecule has 0 aliphatic rings. The molecule has 2 aromatic heterocycles. The van der Waals surface area contributed by atoms with Crippen LogP contribution in [0.1, 0.15) is 0 Å². The first-order valence-corrected chi connectivity index (χ1v) is 4.55. The number of hydrogen-bond donors (Lipinski definition) is 2. The fraction of sp³-hybridized carbons (Fsp3) is 0. The highest BCUT2D eigenvalue weighted by Crippen LogP contribution is 2.26. The van der Waals surface area contributed by atoms with E-state index in [2.05, 4.69) is 19.9 Å². The Balaban J connectivity index is 2.55. The monoisotopic (exact) mass is 214 g/mol. The summed E-state index contributed by atoms with van der Waals surface area (Å²) in [4.78, 5) is 15.9. The van der Waals surface area contributed by atoms with Crippen molar-refractivity contribution in [3.8, 4) is 11.8 Å². The van der Waals surface area contributed by atoms with Gasteiger partial charge in [0, 0.05) is 12.4 Å². The zero-order chi connectivity index (χ0) is 11.1. The van der Waals surface area contributed by atoms with Crippen LogP contribution in [0.4, 0.5) is 0 Å². The molecule has 2 heterocycles. The van der Waals surface area contributed by atoms with Gasteiger partial charge in [0.2, 0.25) is 0 Å². The van der Waals surface area contributed by atoms with Gasteiger partial charge in [-0.3, -0.25) is 9.97 Å². The normalized spacial score (nSPS) is 11.0. The van der Waals surface area contributed by atoms with Crippen molar-refractivity contribution in [3.63, 3.8) is 0 Å². The number of aromatic nitrogens is 4. The quantitative estimate of drug-likeness (QED) is 0.542. The molecule has 0 radical (unpaired) electrons. The molecular formula is C10H6N4O2. The van der Waals surface area contributed by atoms with Crippen LogP contribution in [-0.2, 0) is 0 Å². The Morgan fingerprint density at radius 3 is 2.31 bits per heavy atom. The van der Waals surface area contributed by atoms with Crippen molar-refractivity contribution in [3.05, 3.63) is 24.5 Å². The van der Waals surface area contributed by atoms with E-state index in [9.17, 15) is 10.2 Å². The predicted octanol–water partition coefficient (Wildman–Crippen LogP) is 0.984. The number of fused-ring (bicyclic) bond motifs is 3. The molecule has 0 spiro atoms. The summed E-state index contributed by atoms with van der Waals surface area (Å²) < 4.78 is 0. The van der Waals surface area contributed by atoms with Crippen LogP contribution in [0.2, 0.25) is 0 Å². The standard InChI is InChI=1S/C10H6N4O2/c15-9-10(16)14-8-6(13-9)2-1-5-7(8)12-4-3-11-5/h1-4H,(H,13,15)(H,14,16). The summed E-state index contributed by atoms with van der Waals surface area (Å²) in [5.41, 5.74) is 2.08. The minimum atomic E-state index is -0.509. The molecule has 0 saturated carbocycles. The van der Waals surface area contributed by atoms with E-state index in [1.807, 2.05) is 0 Å². The van der Waals surface area contributed by atoms with Crippen LogP contribution in [-0.4, -0.2) is 30.1 Å². The van der Waals surface area contributed by atoms with E-state index in [1.165, 1.54) is 6.20 Å². The van der Waals surface area contributed by atoms with Gasteiger partial charge < -0.3 is 10.2 Å². The molecular weight excluding hydrogens is 208 g/mol. The number of nitrogens with zero attached hydrogens (tertiary/aromatic N) is 4. The lowest BCUT2D eigenvalue weighted by atomic mass is 10.2. The Kier molecular flexibility index (Phi) is 1.64. The Hall–Kier alpha value is -2.50. The van der Waals surface area contributed by atoms with Gasteiger partial charge in [-0.05, 0) is 12.1 Å². The average Bonchev–Trinajstić information content (AvgIpc) is 2.31. The van der Waals surface area contributed by atoms with Crippen LogP contribution in [0.5, 0.6) is 11.8 Å². The molecule has 0 amide bonds. The molecule has 0 aliphatic heterocycles. The molecule has 78 valence electrons. The number of hydrogen-bond acceptors (Lipinski definition) is 6. The number of aromatic hydroxyl groups is 2. The maximum atomic E-state index is 9.30. The van der Waals surface area contributed by atoms with E-state index < -0.39 is 11.8 Å². The van der Waals surface area contributed by atoms with Gasteiger partial charge in [-0.1, -0.05) is 0 Å². The second kappa shape index (κ2) is 2.99. The van der Waals surface area contributed by atoms with Crippen LogP contribution in [0, 0.1) is 0 Å². The first-order valence-electron chi connectivity index (χ1n) is 4.55. The predicted molar refractivity (Wildman–Crippen MR) is 56.0 cm³/mol. The minimum absolute atomic E-state index is 0.418. The van der Waals surface area contributed by atoms with E-state index in [-0.39, 0.29) is 0 Å². The topological polar surface area (TPSA) is 92.0 Å². The highest BCUT2D eigenvalue weighted by molar-refractivity contribution is 5.99. The highest BCUT2D eigenvalue weighted by Gasteiger charge is 2.09. The van der Waals surface area contributed by atoms with E-state index >= 15 is 0 Å². The Labute approximate surface area is 89.3 Å². The van der Waals surface area contributed by atoms with Gasteiger partial charge >= 0.3 is 0 Å². The van der Waals surface area contributed by atoms with Crippen LogP contribution in [0.25, 0.3) is 22.1 Å². The van der Waals surface area contributed by atoms with Gasteiger partial charge in [0.05, 0.1) is 11.0 Å². The van der Waals surface area contributed by atoms with Crippen molar-refractivity contribution in [1.82, 2.24) is 19.9 Å². The summed E-state index contributed by atoms with van der Waals surface area (Å²) in [6, 6.07) is 3.40. The highest BCUT2D eigenvalue weighted by atomic mass is 16.3. The zero-order valence-electron chi connectivity index (χ0n) is 7.99. The summed E-state index contributed by atoms with van der Waals surface area (Å²) in [5.74, 6) is -0.999. The van der Waals surface area contributed by atoms with Gasteiger partial charge in [-0.25, -0.2) is 9.97 Å². The molecule has 6 nitrogen and oxygen atoms in total. The lowest BCUT2D eigenvalue weighted by Gasteiger charge is -2.02. The fourth-order valence-corrected chi connectivity index (χ4v) is 1.53. The Bertz CT molecular complexity index is 699. The van der Waals surface area contributed by atoms with Crippen LogP contribution >= 0.6 is 0 Å². The molecule has 6 heteroatoms. The van der Waals surface area contributed by atoms with Gasteiger partial charge in [0.15, 0.2) is 0 Å². The summed E-state index contributed by atoms with van der Waals surface area (Å²) in [6.45, 7) is 0. The SMILES string of the molecule is Oc1nc2ccc3nccnc3c2nc1O. The molecule has 3 rings (SSSR count). The maximum absolute atomic E-state index is 9.30. The van der Waals surface area contributed by atoms with Crippen molar-refractivity contribution < 1.29 is 10.2 Å². The minimum Gasteiger partial charge on any atom is -0.489 e. The van der Waals surface area contributed by atoms with Crippen molar-refractivity contribution in [2.24, 2.45) is 0 Å². The lowest BCUT2D eigenvalue weighted by Crippen LogP contribution is -1.90. The zero-order valence-corrected chi connectivity index (χ0v) is 7.99. The molecule has 16 heavy (non-hydrogen) atoms. The lowest BCUT2D eigenvalue weighted by molar-refractivity contribution is 0.378. The van der Waals surface area contributed by atoms with Crippen LogP contribution in [0.15, 0.2) is 24.5 Å². The second-order valence-electron chi connectivity index (χ2n) is 3.23. The number of benzene rings is 1. The first kappa shape index (κ1) is 8.78.